The van der Waals surface area contributed by atoms with Crippen molar-refractivity contribution in [2.45, 2.75) is 53.6 Å². The number of aryl methyl sites for hydroxylation is 2. The number of methoxy groups -OCH3 is 1. The lowest BCUT2D eigenvalue weighted by Crippen LogP contribution is -2.30. The van der Waals surface area contributed by atoms with Crippen molar-refractivity contribution >= 4 is 15.9 Å². The van der Waals surface area contributed by atoms with Crippen LogP contribution in [0, 0.1) is 5.41 Å². The van der Waals surface area contributed by atoms with E-state index in [2.05, 4.69) is 58.7 Å². The number of hydrogen-bond donors (Lipinski definition) is 1. The number of hydrogen-bond acceptors (Lipinski definition) is 3. The van der Waals surface area contributed by atoms with Crippen molar-refractivity contribution in [2.24, 2.45) is 5.41 Å². The summed E-state index contributed by atoms with van der Waals surface area (Å²) in [6.45, 7) is 12.3. The van der Waals surface area contributed by atoms with Gasteiger partial charge in [0.15, 0.2) is 0 Å². The van der Waals surface area contributed by atoms with Crippen LogP contribution in [0.4, 0.5) is 0 Å². The highest BCUT2D eigenvalue weighted by atomic mass is 79.9. The largest absolute Gasteiger partial charge is 0.385 e. The zero-order chi connectivity index (χ0) is 15.2. The van der Waals surface area contributed by atoms with E-state index in [1.54, 1.807) is 7.11 Å². The Hall–Kier alpha value is -0.390. The number of nitrogens with one attached hydrogen (secondary N) is 1. The van der Waals surface area contributed by atoms with Crippen LogP contribution in [-0.4, -0.2) is 30.0 Å². The summed E-state index contributed by atoms with van der Waals surface area (Å²) >= 11 is 3.68. The number of ether oxygens (including phenoxy) is 1. The molecular formula is C15H28BrN3O. The second-order valence-electron chi connectivity index (χ2n) is 5.89. The Balaban J connectivity index is 2.59. The zero-order valence-corrected chi connectivity index (χ0v) is 15.0. The van der Waals surface area contributed by atoms with E-state index in [9.17, 15) is 0 Å². The van der Waals surface area contributed by atoms with Gasteiger partial charge in [-0.15, -0.1) is 0 Å². The molecule has 20 heavy (non-hydrogen) atoms. The Kier molecular flexibility index (Phi) is 7.20. The molecule has 116 valence electrons. The molecule has 0 bridgehead atoms. The van der Waals surface area contributed by atoms with E-state index in [0.717, 1.165) is 49.2 Å². The topological polar surface area (TPSA) is 39.1 Å². The standard InChI is InChI=1S/C15H28BrN3O/c1-6-12-14(16)13(19(7-2)18-12)10-17-11-15(3,4)8-9-20-5/h17H,6-11H2,1-5H3. The first kappa shape index (κ1) is 17.7. The van der Waals surface area contributed by atoms with Crippen LogP contribution >= 0.6 is 15.9 Å². The Morgan fingerprint density at radius 1 is 1.35 bits per heavy atom. The van der Waals surface area contributed by atoms with Crippen LogP contribution in [0.2, 0.25) is 0 Å². The normalized spacial score (nSPS) is 12.1. The van der Waals surface area contributed by atoms with E-state index in [-0.39, 0.29) is 5.41 Å². The molecule has 0 spiro atoms. The SMILES string of the molecule is CCc1nn(CC)c(CNCC(C)(C)CCOC)c1Br. The first-order valence-electron chi connectivity index (χ1n) is 7.38. The highest BCUT2D eigenvalue weighted by Crippen LogP contribution is 2.23. The maximum absolute atomic E-state index is 5.17. The van der Waals surface area contributed by atoms with E-state index in [0.29, 0.717) is 0 Å². The van der Waals surface area contributed by atoms with Crippen molar-refractivity contribution in [3.63, 3.8) is 0 Å². The molecular weight excluding hydrogens is 318 g/mol. The lowest BCUT2D eigenvalue weighted by molar-refractivity contribution is 0.150. The molecule has 1 aromatic rings. The number of aromatic nitrogens is 2. The van der Waals surface area contributed by atoms with Crippen LogP contribution < -0.4 is 5.32 Å². The van der Waals surface area contributed by atoms with Gasteiger partial charge in [0.05, 0.1) is 15.9 Å². The van der Waals surface area contributed by atoms with E-state index >= 15 is 0 Å². The molecule has 0 aromatic carbocycles. The van der Waals surface area contributed by atoms with Gasteiger partial charge in [-0.1, -0.05) is 20.8 Å². The van der Waals surface area contributed by atoms with Crippen LogP contribution in [0.25, 0.3) is 0 Å². The summed E-state index contributed by atoms with van der Waals surface area (Å²) in [5.74, 6) is 0. The molecule has 1 N–H and O–H groups in total. The van der Waals surface area contributed by atoms with Gasteiger partial charge in [0.2, 0.25) is 0 Å². The molecule has 0 radical (unpaired) electrons. The molecule has 0 fully saturated rings. The van der Waals surface area contributed by atoms with E-state index in [1.807, 2.05) is 0 Å². The Morgan fingerprint density at radius 2 is 2.05 bits per heavy atom. The van der Waals surface area contributed by atoms with Crippen LogP contribution in [0.3, 0.4) is 0 Å². The molecule has 0 unspecified atom stereocenters. The van der Waals surface area contributed by atoms with Gasteiger partial charge < -0.3 is 10.1 Å². The molecule has 0 atom stereocenters. The van der Waals surface area contributed by atoms with Crippen molar-refractivity contribution in [1.82, 2.24) is 15.1 Å². The van der Waals surface area contributed by atoms with Gasteiger partial charge in [-0.05, 0) is 41.1 Å². The minimum absolute atomic E-state index is 0.243. The van der Waals surface area contributed by atoms with Gasteiger partial charge in [-0.25, -0.2) is 0 Å². The maximum atomic E-state index is 5.17. The van der Waals surface area contributed by atoms with Gasteiger partial charge in [-0.2, -0.15) is 5.10 Å². The van der Waals surface area contributed by atoms with Crippen LogP contribution in [0.5, 0.6) is 0 Å². The summed E-state index contributed by atoms with van der Waals surface area (Å²) in [5.41, 5.74) is 2.63. The minimum atomic E-state index is 0.243. The van der Waals surface area contributed by atoms with Crippen molar-refractivity contribution in [1.29, 1.82) is 0 Å². The van der Waals surface area contributed by atoms with Gasteiger partial charge in [0.25, 0.3) is 0 Å². The molecule has 0 amide bonds. The van der Waals surface area contributed by atoms with Gasteiger partial charge >= 0.3 is 0 Å². The summed E-state index contributed by atoms with van der Waals surface area (Å²) < 4.78 is 8.40. The molecule has 0 aliphatic heterocycles. The zero-order valence-electron chi connectivity index (χ0n) is 13.4. The molecule has 1 heterocycles. The van der Waals surface area contributed by atoms with Crippen molar-refractivity contribution in [3.05, 3.63) is 15.9 Å². The highest BCUT2D eigenvalue weighted by Gasteiger charge is 2.18. The van der Waals surface area contributed by atoms with Crippen molar-refractivity contribution < 1.29 is 4.74 Å². The molecule has 4 nitrogen and oxygen atoms in total. The van der Waals surface area contributed by atoms with Gasteiger partial charge in [-0.3, -0.25) is 4.68 Å². The summed E-state index contributed by atoms with van der Waals surface area (Å²) in [4.78, 5) is 0. The number of halogens is 1. The maximum Gasteiger partial charge on any atom is 0.0767 e. The molecule has 5 heteroatoms. The molecule has 0 aliphatic rings. The average Bonchev–Trinajstić information content (AvgIpc) is 2.73. The minimum Gasteiger partial charge on any atom is -0.385 e. The fourth-order valence-electron chi connectivity index (χ4n) is 2.17. The Bertz CT molecular complexity index is 415. The summed E-state index contributed by atoms with van der Waals surface area (Å²) in [7, 11) is 1.76. The first-order chi connectivity index (χ1) is 9.45. The Morgan fingerprint density at radius 3 is 2.60 bits per heavy atom. The quantitative estimate of drug-likeness (QED) is 0.745. The van der Waals surface area contributed by atoms with Gasteiger partial charge in [0.1, 0.15) is 0 Å². The predicted octanol–water partition coefficient (Wildman–Crippen LogP) is 3.38. The fraction of sp³-hybridized carbons (Fsp3) is 0.800. The number of nitrogens with zero attached hydrogens (tertiary/aromatic N) is 2. The third-order valence-electron chi connectivity index (χ3n) is 3.57. The fourth-order valence-corrected chi connectivity index (χ4v) is 2.88. The molecule has 0 saturated carbocycles. The molecule has 1 rings (SSSR count). The second kappa shape index (κ2) is 8.15. The average molecular weight is 346 g/mol. The third-order valence-corrected chi connectivity index (χ3v) is 4.49. The monoisotopic (exact) mass is 345 g/mol. The molecule has 1 aromatic heterocycles. The summed E-state index contributed by atoms with van der Waals surface area (Å²) in [6, 6.07) is 0. The molecule has 0 saturated heterocycles. The predicted molar refractivity (Wildman–Crippen MR) is 87.0 cm³/mol. The number of rotatable bonds is 9. The first-order valence-corrected chi connectivity index (χ1v) is 8.18. The molecule has 0 aliphatic carbocycles. The van der Waals surface area contributed by atoms with Crippen molar-refractivity contribution in [3.8, 4) is 0 Å². The van der Waals surface area contributed by atoms with E-state index < -0.39 is 0 Å². The Labute approximate surface area is 131 Å². The van der Waals surface area contributed by atoms with E-state index in [4.69, 9.17) is 4.74 Å². The van der Waals surface area contributed by atoms with Gasteiger partial charge in [0, 0.05) is 33.4 Å². The van der Waals surface area contributed by atoms with Crippen LogP contribution in [-0.2, 0) is 24.2 Å². The second-order valence-corrected chi connectivity index (χ2v) is 6.68. The van der Waals surface area contributed by atoms with E-state index in [1.165, 1.54) is 5.69 Å². The smallest absolute Gasteiger partial charge is 0.0767 e. The lowest BCUT2D eigenvalue weighted by Gasteiger charge is -2.24. The van der Waals surface area contributed by atoms with Crippen molar-refractivity contribution in [2.75, 3.05) is 20.3 Å². The highest BCUT2D eigenvalue weighted by molar-refractivity contribution is 9.10. The lowest BCUT2D eigenvalue weighted by atomic mass is 9.90. The summed E-state index contributed by atoms with van der Waals surface area (Å²) in [5, 5.41) is 8.18. The third kappa shape index (κ3) is 4.86. The summed E-state index contributed by atoms with van der Waals surface area (Å²) in [6.07, 6.45) is 2.02. The van der Waals surface area contributed by atoms with Crippen LogP contribution in [0.15, 0.2) is 4.47 Å². The van der Waals surface area contributed by atoms with Crippen LogP contribution in [0.1, 0.15) is 45.5 Å².